The third-order valence-electron chi connectivity index (χ3n) is 24.6. The van der Waals surface area contributed by atoms with Crippen molar-refractivity contribution in [2.75, 3.05) is 7.05 Å². The fraction of sp³-hybridized carbons (Fsp3) is 0.500. The van der Waals surface area contributed by atoms with Gasteiger partial charge in [-0.2, -0.15) is 0 Å². The molecule has 2 saturated heterocycles. The summed E-state index contributed by atoms with van der Waals surface area (Å²) in [6, 6.07) is 70.2. The van der Waals surface area contributed by atoms with Crippen molar-refractivity contribution in [2.45, 2.75) is 378 Å². The molecule has 7 aromatic carbocycles. The van der Waals surface area contributed by atoms with Crippen LogP contribution in [-0.2, 0) is 77.1 Å². The molecule has 0 spiro atoms. The van der Waals surface area contributed by atoms with E-state index in [0.29, 0.717) is 28.5 Å². The van der Waals surface area contributed by atoms with E-state index in [4.69, 9.17) is 4.74 Å². The van der Waals surface area contributed by atoms with Crippen molar-refractivity contribution in [3.8, 4) is 0 Å². The van der Waals surface area contributed by atoms with E-state index in [1.54, 1.807) is 26.5 Å². The minimum atomic E-state index is -0.546. The normalized spacial score (nSPS) is 18.8. The number of cyclic esters (lactones) is 1. The smallest absolute Gasteiger partial charge is 0.440 e. The van der Waals surface area contributed by atoms with E-state index in [0.717, 1.165) is 56.6 Å². The molecule has 10 amide bonds. The summed E-state index contributed by atoms with van der Waals surface area (Å²) < 4.78 is 5.23. The summed E-state index contributed by atoms with van der Waals surface area (Å²) in [7, 11) is 1.85. The first-order chi connectivity index (χ1) is 66.1. The molecule has 0 aliphatic carbocycles. The molecule has 142 heavy (non-hydrogen) atoms. The first kappa shape index (κ1) is 136. The zero-order chi connectivity index (χ0) is 108. The van der Waals surface area contributed by atoms with Crippen LogP contribution in [-0.4, -0.2) is 126 Å². The number of carbonyl (C=O) groups excluding carboxylic acids is 8. The molecule has 0 bridgehead atoms. The van der Waals surface area contributed by atoms with Crippen LogP contribution in [0.25, 0.3) is 0 Å². The molecule has 6 aliphatic heterocycles. The van der Waals surface area contributed by atoms with Crippen LogP contribution in [0.4, 0.5) is 24.0 Å². The Labute approximate surface area is 895 Å². The SMILES string of the molecule is CC.CC.CC.CC.CC.CC.CC.CC(C)C(C)(C)c1ccccc1.CC(C)N1C(=O)C(C)(C)SC1(C)c1ccccc1.CC(C)N1C(=O)OC(C)(C)C1(C)c1ccccc1.CC1=C(C(C)C)C(c2ccccc2)N(C)C(=O)N1.CC1=C(C)C(c2ccccc2)N(C(C)C)C(=O)N1.C[C-](C)C1=C([C-]=O)C(c2ccccc2)N(C(C)C)C(=O)N1.C[C-](C)C1=C([C-]=O)NC(=O)N(C(C)C)C1c1ccccc1.[W+2].[W+2]. The molecule has 6 atom stereocenters. The molecule has 6 unspecified atom stereocenters. The van der Waals surface area contributed by atoms with Gasteiger partial charge in [0.05, 0.1) is 16.8 Å². The van der Waals surface area contributed by atoms with Gasteiger partial charge in [-0.3, -0.25) is 42.4 Å². The quantitative estimate of drug-likeness (QED) is 0.0597. The molecule has 22 heteroatoms. The van der Waals surface area contributed by atoms with Crippen molar-refractivity contribution in [3.05, 3.63) is 308 Å². The van der Waals surface area contributed by atoms with Gasteiger partial charge in [0.1, 0.15) is 16.0 Å². The second-order valence-electron chi connectivity index (χ2n) is 37.2. The Morgan fingerprint density at radius 3 is 1.08 bits per heavy atom. The number of amides is 10. The van der Waals surface area contributed by atoms with Crippen LogP contribution in [0.5, 0.6) is 0 Å². The van der Waals surface area contributed by atoms with Gasteiger partial charge in [-0.15, -0.1) is 45.7 Å². The second-order valence-corrected chi connectivity index (χ2v) is 39.2. The Hall–Kier alpha value is -9.87. The van der Waals surface area contributed by atoms with E-state index in [-0.39, 0.29) is 142 Å². The van der Waals surface area contributed by atoms with Crippen molar-refractivity contribution in [2.24, 2.45) is 11.8 Å². The number of carbonyl (C=O) groups is 6. The number of ether oxygens (including phenoxy) is 1. The van der Waals surface area contributed by atoms with Gasteiger partial charge in [-0.05, 0) is 211 Å². The average Bonchev–Trinajstić information content (AvgIpc) is 1.51. The summed E-state index contributed by atoms with van der Waals surface area (Å²) in [6.07, 6.45) is 3.68. The summed E-state index contributed by atoms with van der Waals surface area (Å²) in [6.45, 7) is 87.4. The molecular formula is C120H182N10O9SW2. The Morgan fingerprint density at radius 1 is 0.394 bits per heavy atom. The van der Waals surface area contributed by atoms with Gasteiger partial charge in [0.2, 0.25) is 5.91 Å². The van der Waals surface area contributed by atoms with Crippen molar-refractivity contribution in [3.63, 3.8) is 0 Å². The number of nitrogens with zero attached hydrogens (tertiary/aromatic N) is 6. The summed E-state index contributed by atoms with van der Waals surface area (Å²) in [5.74, 6) is 3.20. The number of likely N-dealkylation sites (N-methyl/N-ethyl adjacent to an activating group) is 1. The molecule has 19 nitrogen and oxygen atoms in total. The summed E-state index contributed by atoms with van der Waals surface area (Å²) in [4.78, 5) is 107. The van der Waals surface area contributed by atoms with Crippen LogP contribution in [0.3, 0.4) is 0 Å². The van der Waals surface area contributed by atoms with Gasteiger partial charge >= 0.3 is 72.3 Å². The number of urea groups is 4. The largest absolute Gasteiger partial charge is 2.00 e. The Bertz CT molecular complexity index is 4920. The van der Waals surface area contributed by atoms with Crippen molar-refractivity contribution < 1.29 is 85.2 Å². The monoisotopic (exact) mass is 2310 g/mol. The molecule has 6 aliphatic rings. The molecule has 7 aromatic rings. The number of nitrogens with one attached hydrogen (secondary N) is 4. The minimum Gasteiger partial charge on any atom is -0.440 e. The third-order valence-corrected chi connectivity index (χ3v) is 26.1. The van der Waals surface area contributed by atoms with Gasteiger partial charge in [-0.1, -0.05) is 357 Å². The van der Waals surface area contributed by atoms with Crippen LogP contribution < -0.4 is 21.3 Å². The van der Waals surface area contributed by atoms with E-state index in [9.17, 15) is 38.4 Å². The van der Waals surface area contributed by atoms with Crippen LogP contribution in [0, 0.1) is 23.7 Å². The van der Waals surface area contributed by atoms with Gasteiger partial charge in [0, 0.05) is 48.7 Å². The van der Waals surface area contributed by atoms with Gasteiger partial charge in [-0.25, -0.2) is 20.1 Å². The Kier molecular flexibility index (Phi) is 63.5. The fourth-order valence-electron chi connectivity index (χ4n) is 17.2. The van der Waals surface area contributed by atoms with E-state index < -0.39 is 17.2 Å². The van der Waals surface area contributed by atoms with Crippen LogP contribution in [0.15, 0.2) is 257 Å². The Morgan fingerprint density at radius 2 is 0.725 bits per heavy atom. The summed E-state index contributed by atoms with van der Waals surface area (Å²) in [5, 5.41) is 11.3. The molecule has 0 saturated carbocycles. The maximum atomic E-state index is 12.6. The maximum absolute atomic E-state index is 12.6. The van der Waals surface area contributed by atoms with Crippen molar-refractivity contribution in [1.82, 2.24) is 50.7 Å². The maximum Gasteiger partial charge on any atom is 2.00 e. The fourth-order valence-corrected chi connectivity index (χ4v) is 19.0. The van der Waals surface area contributed by atoms with E-state index in [1.807, 2.05) is 389 Å². The molecule has 784 valence electrons. The first-order valence-electron chi connectivity index (χ1n) is 51.1. The van der Waals surface area contributed by atoms with E-state index >= 15 is 0 Å². The molecule has 4 N–H and O–H groups in total. The number of hydrogen-bond donors (Lipinski definition) is 4. The van der Waals surface area contributed by atoms with E-state index in [2.05, 4.69) is 176 Å². The number of thioether (sulfide) groups is 1. The van der Waals surface area contributed by atoms with Crippen LogP contribution >= 0.6 is 11.8 Å². The van der Waals surface area contributed by atoms with Gasteiger partial charge in [0.25, 0.3) is 0 Å². The van der Waals surface area contributed by atoms with Gasteiger partial charge < -0.3 is 65.7 Å². The Balaban J connectivity index is -0.00000156. The molecule has 13 rings (SSSR count). The van der Waals surface area contributed by atoms with Gasteiger partial charge in [0.15, 0.2) is 0 Å². The zero-order valence-corrected chi connectivity index (χ0v) is 102. The van der Waals surface area contributed by atoms with Crippen molar-refractivity contribution in [1.29, 1.82) is 0 Å². The number of benzene rings is 7. The van der Waals surface area contributed by atoms with E-state index in [1.165, 1.54) is 22.3 Å². The van der Waals surface area contributed by atoms with Crippen LogP contribution in [0.2, 0.25) is 0 Å². The summed E-state index contributed by atoms with van der Waals surface area (Å²) in [5.41, 5.74) is 13.8. The number of rotatable bonds is 18. The second kappa shape index (κ2) is 66.2. The summed E-state index contributed by atoms with van der Waals surface area (Å²) >= 11 is 1.74. The molecule has 2 fully saturated rings. The standard InChI is InChI=1S/2C17H20N2O2.2C15H20N2O.C15H21NO2.C15H21NOS.C12H18.7C2H6.2W/c1-11(2)15-14(10-20)18-17(21)19(12(3)4)16(15)13-8-6-5-7-9-13;1-11(2)15-14(10-20)16(13-8-6-5-7-9-13)19(12(3)4)17(21)18-15;1-10(2)13-11(3)16-15(18)17(4)14(13)12-8-6-5-7-9-12;1-10(2)17-14(13-8-6-5-7-9-13)11(3)12(4)16-15(17)18;1-11(2)16-13(17)18-14(3,4)15(16,5)12-9-7-6-8-10-12;1-11(2)16-13(17)14(3,4)18-15(16,5)12-9-7-6-8-10-12;1-10(2)12(3,4)11-8-6-5-7-9-11;7*1-2;;/h2*5-9,12,16H,1-4H3,(H,18,21);2*5-10,14H,1-4H3,(H,16,18);2*6-11H,1-5H3;5-10H,1-4H3;7*1-2H3;;/q2*-2;;;;;;;;;;;;;2*+2. The van der Waals surface area contributed by atoms with Crippen molar-refractivity contribution >= 4 is 60.5 Å². The average molecular weight is 2310 g/mol. The zero-order valence-electron chi connectivity index (χ0n) is 95.1. The predicted molar refractivity (Wildman–Crippen MR) is 593 cm³/mol. The molecule has 6 heterocycles. The minimum absolute atomic E-state index is 0. The molecule has 0 radical (unpaired) electrons. The molecular weight excluding hydrogens is 2130 g/mol. The first-order valence-corrected chi connectivity index (χ1v) is 51.9. The number of hydrogen-bond acceptors (Lipinski definition) is 10. The third kappa shape index (κ3) is 35.2. The number of allylic oxidation sites excluding steroid dienone is 4. The predicted octanol–water partition coefficient (Wildman–Crippen LogP) is 31.0. The topological polar surface area (TPSA) is 213 Å². The van der Waals surface area contributed by atoms with Crippen LogP contribution in [0.1, 0.15) is 361 Å². The molecule has 0 aromatic heterocycles.